The Bertz CT molecular complexity index is 715. The highest BCUT2D eigenvalue weighted by molar-refractivity contribution is 6.06. The van der Waals surface area contributed by atoms with Crippen LogP contribution >= 0.6 is 0 Å². The van der Waals surface area contributed by atoms with Crippen molar-refractivity contribution in [3.05, 3.63) is 65.2 Å². The number of aromatic hydroxyl groups is 1. The molecule has 0 atom stereocenters. The van der Waals surface area contributed by atoms with Gasteiger partial charge in [0.25, 0.3) is 0 Å². The van der Waals surface area contributed by atoms with Crippen molar-refractivity contribution < 1.29 is 14.6 Å². The van der Waals surface area contributed by atoms with Crippen LogP contribution in [0.2, 0.25) is 0 Å². The number of phenolic OH excluding ortho intramolecular Hbond substituents is 1. The van der Waals surface area contributed by atoms with Gasteiger partial charge in [-0.15, -0.1) is 0 Å². The number of carbonyl (C=O) groups is 1. The fraction of sp³-hybridized carbons (Fsp3) is 0.318. The van der Waals surface area contributed by atoms with Crippen molar-refractivity contribution in [1.82, 2.24) is 0 Å². The predicted molar refractivity (Wildman–Crippen MR) is 102 cm³/mol. The van der Waals surface area contributed by atoms with Crippen LogP contribution < -0.4 is 4.74 Å². The molecule has 2 aromatic rings. The minimum atomic E-state index is -0.0874. The van der Waals surface area contributed by atoms with Crippen molar-refractivity contribution in [3.63, 3.8) is 0 Å². The van der Waals surface area contributed by atoms with Crippen molar-refractivity contribution in [2.75, 3.05) is 6.61 Å². The molecular formula is C22H26O3. The van der Waals surface area contributed by atoms with E-state index in [-0.39, 0.29) is 11.5 Å². The Balaban J connectivity index is 1.93. The first-order valence-electron chi connectivity index (χ1n) is 8.85. The predicted octanol–water partition coefficient (Wildman–Crippen LogP) is 5.56. The first kappa shape index (κ1) is 18.8. The molecule has 2 rings (SSSR count). The molecule has 0 aliphatic heterocycles. The molecule has 132 valence electrons. The number of hydrogen-bond acceptors (Lipinski definition) is 3. The number of phenols is 1. The molecule has 2 aromatic carbocycles. The Morgan fingerprint density at radius 2 is 1.84 bits per heavy atom. The highest BCUT2D eigenvalue weighted by Gasteiger charge is 2.04. The third kappa shape index (κ3) is 6.11. The van der Waals surface area contributed by atoms with Gasteiger partial charge in [0.2, 0.25) is 0 Å². The third-order valence-corrected chi connectivity index (χ3v) is 4.02. The Morgan fingerprint density at radius 3 is 2.52 bits per heavy atom. The molecule has 0 saturated heterocycles. The number of rotatable bonds is 9. The number of ether oxygens (including phenoxy) is 1. The van der Waals surface area contributed by atoms with E-state index in [1.54, 1.807) is 30.3 Å². The van der Waals surface area contributed by atoms with Gasteiger partial charge >= 0.3 is 0 Å². The molecule has 25 heavy (non-hydrogen) atoms. The van der Waals surface area contributed by atoms with Gasteiger partial charge in [-0.05, 0) is 37.6 Å². The lowest BCUT2D eigenvalue weighted by molar-refractivity contribution is 0.104. The average molecular weight is 338 g/mol. The van der Waals surface area contributed by atoms with Crippen LogP contribution in [0.3, 0.4) is 0 Å². The minimum absolute atomic E-state index is 0.0874. The van der Waals surface area contributed by atoms with Gasteiger partial charge in [-0.3, -0.25) is 4.79 Å². The summed E-state index contributed by atoms with van der Waals surface area (Å²) in [6, 6.07) is 12.6. The van der Waals surface area contributed by atoms with E-state index < -0.39 is 0 Å². The lowest BCUT2D eigenvalue weighted by atomic mass is 10.1. The van der Waals surface area contributed by atoms with Crippen LogP contribution in [0.4, 0.5) is 0 Å². The van der Waals surface area contributed by atoms with Gasteiger partial charge in [0.05, 0.1) is 6.61 Å². The number of benzene rings is 2. The smallest absolute Gasteiger partial charge is 0.185 e. The molecule has 3 heteroatoms. The van der Waals surface area contributed by atoms with E-state index in [4.69, 9.17) is 4.74 Å². The van der Waals surface area contributed by atoms with Crippen molar-refractivity contribution in [2.24, 2.45) is 0 Å². The van der Waals surface area contributed by atoms with E-state index >= 15 is 0 Å². The summed E-state index contributed by atoms with van der Waals surface area (Å²) in [5.41, 5.74) is 2.34. The maximum atomic E-state index is 12.1. The summed E-state index contributed by atoms with van der Waals surface area (Å²) >= 11 is 0. The minimum Gasteiger partial charge on any atom is -0.507 e. The maximum Gasteiger partial charge on any atom is 0.185 e. The normalized spacial score (nSPS) is 11.0. The zero-order chi connectivity index (χ0) is 18.1. The molecular weight excluding hydrogens is 312 g/mol. The van der Waals surface area contributed by atoms with Gasteiger partial charge in [-0.2, -0.15) is 0 Å². The van der Waals surface area contributed by atoms with Gasteiger partial charge in [-0.1, -0.05) is 56.0 Å². The van der Waals surface area contributed by atoms with Crippen molar-refractivity contribution in [3.8, 4) is 11.5 Å². The number of aryl methyl sites for hydroxylation is 1. The highest BCUT2D eigenvalue weighted by atomic mass is 16.5. The van der Waals surface area contributed by atoms with Gasteiger partial charge in [-0.25, -0.2) is 0 Å². The summed E-state index contributed by atoms with van der Waals surface area (Å²) in [4.78, 5) is 12.1. The molecule has 0 amide bonds. The summed E-state index contributed by atoms with van der Waals surface area (Å²) < 4.78 is 5.64. The topological polar surface area (TPSA) is 46.5 Å². The van der Waals surface area contributed by atoms with Crippen LogP contribution in [-0.2, 0) is 0 Å². The Hall–Kier alpha value is -2.55. The zero-order valence-corrected chi connectivity index (χ0v) is 15.0. The molecule has 0 aliphatic rings. The van der Waals surface area contributed by atoms with E-state index in [0.717, 1.165) is 18.4 Å². The molecule has 0 heterocycles. The van der Waals surface area contributed by atoms with Crippen molar-refractivity contribution in [1.29, 1.82) is 0 Å². The third-order valence-electron chi connectivity index (χ3n) is 4.02. The Labute approximate surface area is 150 Å². The van der Waals surface area contributed by atoms with Gasteiger partial charge < -0.3 is 9.84 Å². The van der Waals surface area contributed by atoms with E-state index in [2.05, 4.69) is 6.92 Å². The second-order valence-electron chi connectivity index (χ2n) is 6.19. The van der Waals surface area contributed by atoms with Crippen LogP contribution in [-0.4, -0.2) is 17.5 Å². The van der Waals surface area contributed by atoms with Crippen LogP contribution in [0.25, 0.3) is 6.08 Å². The lowest BCUT2D eigenvalue weighted by Gasteiger charge is -2.07. The molecule has 1 N–H and O–H groups in total. The monoisotopic (exact) mass is 338 g/mol. The van der Waals surface area contributed by atoms with Gasteiger partial charge in [0, 0.05) is 17.2 Å². The second-order valence-corrected chi connectivity index (χ2v) is 6.19. The lowest BCUT2D eigenvalue weighted by Crippen LogP contribution is -1.97. The molecule has 0 aromatic heterocycles. The Morgan fingerprint density at radius 1 is 1.08 bits per heavy atom. The van der Waals surface area contributed by atoms with Crippen LogP contribution in [0.1, 0.15) is 54.1 Å². The van der Waals surface area contributed by atoms with Crippen LogP contribution in [0.5, 0.6) is 11.5 Å². The largest absolute Gasteiger partial charge is 0.507 e. The first-order valence-corrected chi connectivity index (χ1v) is 8.85. The van der Waals surface area contributed by atoms with E-state index in [9.17, 15) is 9.90 Å². The number of ketones is 1. The number of carbonyl (C=O) groups excluding carboxylic acids is 1. The van der Waals surface area contributed by atoms with E-state index in [1.807, 2.05) is 25.1 Å². The molecule has 0 unspecified atom stereocenters. The SMILES string of the molecule is CCCCCCOc1ccc(C=CC(=O)c2ccc(C)cc2)c(O)c1. The van der Waals surface area contributed by atoms with Gasteiger partial charge in [0.15, 0.2) is 5.78 Å². The van der Waals surface area contributed by atoms with Crippen molar-refractivity contribution in [2.45, 2.75) is 39.5 Å². The van der Waals surface area contributed by atoms with E-state index in [0.29, 0.717) is 23.5 Å². The van der Waals surface area contributed by atoms with E-state index in [1.165, 1.54) is 18.9 Å². The zero-order valence-electron chi connectivity index (χ0n) is 15.0. The molecule has 0 radical (unpaired) electrons. The molecule has 0 fully saturated rings. The standard InChI is InChI=1S/C22H26O3/c1-3-4-5-6-15-25-20-13-11-19(22(24)16-20)12-14-21(23)18-9-7-17(2)8-10-18/h7-14,16,24H,3-6,15H2,1-2H3. The summed E-state index contributed by atoms with van der Waals surface area (Å²) in [6.07, 6.45) is 7.69. The molecule has 0 spiro atoms. The van der Waals surface area contributed by atoms with Gasteiger partial charge in [0.1, 0.15) is 11.5 Å². The summed E-state index contributed by atoms with van der Waals surface area (Å²) in [6.45, 7) is 4.81. The molecule has 0 aliphatic carbocycles. The number of unbranched alkanes of at least 4 members (excludes halogenated alkanes) is 3. The average Bonchev–Trinajstić information content (AvgIpc) is 2.61. The fourth-order valence-electron chi connectivity index (χ4n) is 2.45. The molecule has 3 nitrogen and oxygen atoms in total. The fourth-order valence-corrected chi connectivity index (χ4v) is 2.45. The maximum absolute atomic E-state index is 12.1. The second kappa shape index (κ2) is 9.67. The summed E-state index contributed by atoms with van der Waals surface area (Å²) in [7, 11) is 0. The summed E-state index contributed by atoms with van der Waals surface area (Å²) in [5, 5.41) is 10.1. The summed E-state index contributed by atoms with van der Waals surface area (Å²) in [5.74, 6) is 0.672. The van der Waals surface area contributed by atoms with Crippen molar-refractivity contribution >= 4 is 11.9 Å². The molecule has 0 saturated carbocycles. The first-order chi connectivity index (χ1) is 12.1. The highest BCUT2D eigenvalue weighted by Crippen LogP contribution is 2.25. The number of allylic oxidation sites excluding steroid dienone is 1. The molecule has 0 bridgehead atoms. The Kier molecular flexibility index (Phi) is 7.27. The number of hydrogen-bond donors (Lipinski definition) is 1. The quantitative estimate of drug-likeness (QED) is 0.370. The van der Waals surface area contributed by atoms with Crippen LogP contribution in [0.15, 0.2) is 48.5 Å². The van der Waals surface area contributed by atoms with Crippen LogP contribution in [0, 0.1) is 6.92 Å².